The molecule has 0 saturated carbocycles. The van der Waals surface area contributed by atoms with E-state index in [2.05, 4.69) is 5.32 Å². The van der Waals surface area contributed by atoms with Crippen molar-refractivity contribution in [2.75, 3.05) is 20.8 Å². The SMILES string of the molecule is COc1ccc(CC(=O)OCC(=O)N[C@@H](C)c2cc3ccccc3o2)cc1OC. The van der Waals surface area contributed by atoms with Crippen LogP contribution in [0, 0.1) is 0 Å². The maximum atomic E-state index is 12.1. The average Bonchev–Trinajstić information content (AvgIpc) is 3.16. The van der Waals surface area contributed by atoms with Crippen LogP contribution < -0.4 is 14.8 Å². The molecule has 1 heterocycles. The topological polar surface area (TPSA) is 87.0 Å². The average molecular weight is 397 g/mol. The molecule has 1 N–H and O–H groups in total. The molecule has 0 aliphatic carbocycles. The first-order chi connectivity index (χ1) is 14.0. The van der Waals surface area contributed by atoms with Crippen LogP contribution in [0.25, 0.3) is 11.0 Å². The Morgan fingerprint density at radius 2 is 1.79 bits per heavy atom. The number of nitrogens with one attached hydrogen (secondary N) is 1. The third-order valence-corrected chi connectivity index (χ3v) is 4.41. The van der Waals surface area contributed by atoms with Crippen LogP contribution in [0.1, 0.15) is 24.3 Å². The largest absolute Gasteiger partial charge is 0.493 e. The summed E-state index contributed by atoms with van der Waals surface area (Å²) in [5.74, 6) is 0.817. The molecule has 3 rings (SSSR count). The molecule has 0 aliphatic heterocycles. The second-order valence-electron chi connectivity index (χ2n) is 6.50. The van der Waals surface area contributed by atoms with Gasteiger partial charge in [-0.3, -0.25) is 9.59 Å². The molecule has 152 valence electrons. The summed E-state index contributed by atoms with van der Waals surface area (Å²) in [5, 5.41) is 3.73. The van der Waals surface area contributed by atoms with Crippen molar-refractivity contribution in [2.24, 2.45) is 0 Å². The number of carbonyl (C=O) groups excluding carboxylic acids is 2. The predicted molar refractivity (Wildman–Crippen MR) is 107 cm³/mol. The van der Waals surface area contributed by atoms with Crippen LogP contribution in [0.5, 0.6) is 11.5 Å². The van der Waals surface area contributed by atoms with Crippen molar-refractivity contribution in [3.05, 3.63) is 59.9 Å². The van der Waals surface area contributed by atoms with Gasteiger partial charge in [0.2, 0.25) is 0 Å². The minimum atomic E-state index is -0.510. The summed E-state index contributed by atoms with van der Waals surface area (Å²) in [6.45, 7) is 1.44. The molecule has 0 radical (unpaired) electrons. The molecule has 1 atom stereocenters. The van der Waals surface area contributed by atoms with Crippen molar-refractivity contribution in [3.63, 3.8) is 0 Å². The van der Waals surface area contributed by atoms with Crippen LogP contribution in [0.3, 0.4) is 0 Å². The number of hydrogen-bond acceptors (Lipinski definition) is 6. The van der Waals surface area contributed by atoms with E-state index < -0.39 is 11.9 Å². The van der Waals surface area contributed by atoms with E-state index in [-0.39, 0.29) is 19.1 Å². The van der Waals surface area contributed by atoms with Gasteiger partial charge < -0.3 is 23.9 Å². The Bertz CT molecular complexity index is 976. The Labute approximate surface area is 168 Å². The van der Waals surface area contributed by atoms with Crippen LogP contribution in [0.15, 0.2) is 52.9 Å². The molecule has 3 aromatic rings. The van der Waals surface area contributed by atoms with E-state index in [4.69, 9.17) is 18.6 Å². The number of amides is 1. The molecule has 7 heteroatoms. The summed E-state index contributed by atoms with van der Waals surface area (Å²) in [7, 11) is 3.06. The Hall–Kier alpha value is -3.48. The third kappa shape index (κ3) is 5.07. The molecule has 1 aromatic heterocycles. The summed E-state index contributed by atoms with van der Waals surface area (Å²) in [6, 6.07) is 14.3. The molecular weight excluding hydrogens is 374 g/mol. The van der Waals surface area contributed by atoms with Crippen molar-refractivity contribution in [3.8, 4) is 11.5 Å². The van der Waals surface area contributed by atoms with Crippen molar-refractivity contribution in [2.45, 2.75) is 19.4 Å². The number of methoxy groups -OCH3 is 2. The zero-order valence-corrected chi connectivity index (χ0v) is 16.6. The van der Waals surface area contributed by atoms with Crippen LogP contribution in [-0.2, 0) is 20.7 Å². The Balaban J connectivity index is 1.50. The zero-order valence-electron chi connectivity index (χ0n) is 16.6. The fourth-order valence-corrected chi connectivity index (χ4v) is 2.92. The number of para-hydroxylation sites is 1. The van der Waals surface area contributed by atoms with Gasteiger partial charge in [-0.15, -0.1) is 0 Å². The number of hydrogen-bond donors (Lipinski definition) is 1. The third-order valence-electron chi connectivity index (χ3n) is 4.41. The molecule has 0 spiro atoms. The first kappa shape index (κ1) is 20.3. The minimum Gasteiger partial charge on any atom is -0.493 e. The number of furan rings is 1. The van der Waals surface area contributed by atoms with Crippen molar-refractivity contribution in [1.82, 2.24) is 5.32 Å². The lowest BCUT2D eigenvalue weighted by Gasteiger charge is -2.12. The quantitative estimate of drug-likeness (QED) is 0.586. The number of ether oxygens (including phenoxy) is 3. The summed E-state index contributed by atoms with van der Waals surface area (Å²) < 4.78 is 21.2. The van der Waals surface area contributed by atoms with E-state index in [1.807, 2.05) is 30.3 Å². The number of rotatable bonds is 8. The zero-order chi connectivity index (χ0) is 20.8. The van der Waals surface area contributed by atoms with Crippen LogP contribution in [0.2, 0.25) is 0 Å². The maximum Gasteiger partial charge on any atom is 0.310 e. The van der Waals surface area contributed by atoms with Gasteiger partial charge in [-0.25, -0.2) is 0 Å². The molecule has 0 bridgehead atoms. The van der Waals surface area contributed by atoms with E-state index >= 15 is 0 Å². The molecule has 0 fully saturated rings. The summed E-state index contributed by atoms with van der Waals surface area (Å²) in [6.07, 6.45) is 0.0206. The van der Waals surface area contributed by atoms with Gasteiger partial charge in [-0.1, -0.05) is 24.3 Å². The molecule has 29 heavy (non-hydrogen) atoms. The number of benzene rings is 2. The van der Waals surface area contributed by atoms with Gasteiger partial charge in [0.15, 0.2) is 18.1 Å². The Morgan fingerprint density at radius 1 is 1.03 bits per heavy atom. The summed E-state index contributed by atoms with van der Waals surface area (Å²) >= 11 is 0. The van der Waals surface area contributed by atoms with E-state index in [0.29, 0.717) is 22.8 Å². The smallest absolute Gasteiger partial charge is 0.310 e. The first-order valence-electron chi connectivity index (χ1n) is 9.14. The second kappa shape index (κ2) is 9.14. The predicted octanol–water partition coefficient (Wildman–Crippen LogP) is 3.41. The minimum absolute atomic E-state index is 0.0206. The maximum absolute atomic E-state index is 12.1. The van der Waals surface area contributed by atoms with Gasteiger partial charge in [0.1, 0.15) is 11.3 Å². The van der Waals surface area contributed by atoms with Gasteiger partial charge in [-0.2, -0.15) is 0 Å². The second-order valence-corrected chi connectivity index (χ2v) is 6.50. The lowest BCUT2D eigenvalue weighted by atomic mass is 10.1. The van der Waals surface area contributed by atoms with E-state index in [9.17, 15) is 9.59 Å². The lowest BCUT2D eigenvalue weighted by molar-refractivity contribution is -0.148. The molecule has 0 aliphatic rings. The highest BCUT2D eigenvalue weighted by atomic mass is 16.5. The monoisotopic (exact) mass is 397 g/mol. The molecule has 7 nitrogen and oxygen atoms in total. The summed E-state index contributed by atoms with van der Waals surface area (Å²) in [4.78, 5) is 24.2. The lowest BCUT2D eigenvalue weighted by Crippen LogP contribution is -2.31. The highest BCUT2D eigenvalue weighted by molar-refractivity contribution is 5.82. The number of esters is 1. The van der Waals surface area contributed by atoms with E-state index in [0.717, 1.165) is 11.0 Å². The fourth-order valence-electron chi connectivity index (χ4n) is 2.92. The Morgan fingerprint density at radius 3 is 2.52 bits per heavy atom. The number of carbonyl (C=O) groups is 2. The highest BCUT2D eigenvalue weighted by Crippen LogP contribution is 2.27. The van der Waals surface area contributed by atoms with Crippen molar-refractivity contribution >= 4 is 22.8 Å². The van der Waals surface area contributed by atoms with Gasteiger partial charge in [0, 0.05) is 5.39 Å². The fraction of sp³-hybridized carbons (Fsp3) is 0.273. The summed E-state index contributed by atoms with van der Waals surface area (Å²) in [5.41, 5.74) is 1.45. The molecule has 0 saturated heterocycles. The van der Waals surface area contributed by atoms with Crippen molar-refractivity contribution in [1.29, 1.82) is 0 Å². The van der Waals surface area contributed by atoms with Gasteiger partial charge in [0.05, 0.1) is 26.7 Å². The van der Waals surface area contributed by atoms with E-state index in [1.165, 1.54) is 14.2 Å². The Kier molecular flexibility index (Phi) is 6.39. The molecular formula is C22H23NO6. The normalized spacial score (nSPS) is 11.7. The highest BCUT2D eigenvalue weighted by Gasteiger charge is 2.16. The van der Waals surface area contributed by atoms with Crippen LogP contribution in [-0.4, -0.2) is 32.7 Å². The van der Waals surface area contributed by atoms with E-state index in [1.54, 1.807) is 25.1 Å². The standard InChI is InChI=1S/C22H23NO6/c1-14(19-12-16-6-4-5-7-17(16)29-19)23-21(24)13-28-22(25)11-15-8-9-18(26-2)20(10-15)27-3/h4-10,12,14H,11,13H2,1-3H3,(H,23,24)/t14-/m0/s1. The van der Waals surface area contributed by atoms with Gasteiger partial charge in [0.25, 0.3) is 5.91 Å². The van der Waals surface area contributed by atoms with Gasteiger partial charge in [-0.05, 0) is 36.8 Å². The molecule has 0 unspecified atom stereocenters. The first-order valence-corrected chi connectivity index (χ1v) is 9.14. The molecule has 2 aromatic carbocycles. The molecule has 1 amide bonds. The van der Waals surface area contributed by atoms with Gasteiger partial charge >= 0.3 is 5.97 Å². The van der Waals surface area contributed by atoms with Crippen molar-refractivity contribution < 1.29 is 28.2 Å². The number of fused-ring (bicyclic) bond motifs is 1. The van der Waals surface area contributed by atoms with Crippen LogP contribution >= 0.6 is 0 Å². The van der Waals surface area contributed by atoms with Crippen LogP contribution in [0.4, 0.5) is 0 Å².